The summed E-state index contributed by atoms with van der Waals surface area (Å²) in [6.07, 6.45) is -0.0250. The Labute approximate surface area is 196 Å². The Morgan fingerprint density at radius 2 is 2.00 bits per heavy atom. The number of ketones is 1. The lowest BCUT2D eigenvalue weighted by Crippen LogP contribution is -2.34. The zero-order valence-corrected chi connectivity index (χ0v) is 19.3. The molecule has 1 unspecified atom stereocenters. The van der Waals surface area contributed by atoms with Crippen LogP contribution in [-0.4, -0.2) is 48.1 Å². The molecule has 0 radical (unpaired) electrons. The Morgan fingerprint density at radius 1 is 1.21 bits per heavy atom. The smallest absolute Gasteiger partial charge is 0.290 e. The van der Waals surface area contributed by atoms with Crippen molar-refractivity contribution < 1.29 is 28.6 Å². The predicted octanol–water partition coefficient (Wildman–Crippen LogP) is 5.10. The molecule has 8 heteroatoms. The lowest BCUT2D eigenvalue weighted by Gasteiger charge is -2.27. The molecule has 1 atom stereocenters. The van der Waals surface area contributed by atoms with Crippen LogP contribution in [0, 0.1) is 0 Å². The zero-order valence-electron chi connectivity index (χ0n) is 18.5. The molecule has 2 aromatic carbocycles. The molecule has 1 aliphatic rings. The lowest BCUT2D eigenvalue weighted by atomic mass is 9.95. The SMILES string of the molecule is COc1cccc(C2C(C(=O)c3cc4cc(Cl)ccc4o3)=C(O)C(=O)N2CCOC(C)C)c1. The molecule has 2 heterocycles. The maximum Gasteiger partial charge on any atom is 0.290 e. The monoisotopic (exact) mass is 469 g/mol. The van der Waals surface area contributed by atoms with Gasteiger partial charge in [0.2, 0.25) is 5.78 Å². The minimum absolute atomic E-state index is 0.00907. The Bertz CT molecular complexity index is 1240. The minimum Gasteiger partial charge on any atom is -0.503 e. The standard InChI is InChI=1S/C25H24ClNO6/c1-14(2)32-10-9-27-22(15-5-4-6-18(12-15)31-3)21(24(29)25(27)30)23(28)20-13-16-11-17(26)7-8-19(16)33-20/h4-8,11-14,22,29H,9-10H2,1-3H3. The highest BCUT2D eigenvalue weighted by atomic mass is 35.5. The van der Waals surface area contributed by atoms with Gasteiger partial charge in [-0.3, -0.25) is 9.59 Å². The minimum atomic E-state index is -0.826. The van der Waals surface area contributed by atoms with Crippen LogP contribution >= 0.6 is 11.6 Å². The number of methoxy groups -OCH3 is 1. The van der Waals surface area contributed by atoms with E-state index in [0.29, 0.717) is 27.3 Å². The number of rotatable bonds is 8. The molecule has 0 saturated carbocycles. The van der Waals surface area contributed by atoms with E-state index >= 15 is 0 Å². The fraction of sp³-hybridized carbons (Fsp3) is 0.280. The number of fused-ring (bicyclic) bond motifs is 1. The number of furan rings is 1. The van der Waals surface area contributed by atoms with E-state index in [1.54, 1.807) is 48.5 Å². The molecule has 1 aromatic heterocycles. The number of amides is 1. The Balaban J connectivity index is 1.76. The van der Waals surface area contributed by atoms with Gasteiger partial charge in [0.05, 0.1) is 31.4 Å². The zero-order chi connectivity index (χ0) is 23.7. The summed E-state index contributed by atoms with van der Waals surface area (Å²) in [5, 5.41) is 11.9. The van der Waals surface area contributed by atoms with Crippen molar-refractivity contribution in [2.75, 3.05) is 20.3 Å². The first-order valence-electron chi connectivity index (χ1n) is 10.5. The van der Waals surface area contributed by atoms with Gasteiger partial charge < -0.3 is 23.9 Å². The van der Waals surface area contributed by atoms with Crippen molar-refractivity contribution in [2.24, 2.45) is 0 Å². The summed E-state index contributed by atoms with van der Waals surface area (Å²) >= 11 is 6.05. The third-order valence-electron chi connectivity index (χ3n) is 5.44. The number of benzene rings is 2. The van der Waals surface area contributed by atoms with Crippen molar-refractivity contribution in [2.45, 2.75) is 26.0 Å². The number of carbonyl (C=O) groups is 2. The van der Waals surface area contributed by atoms with E-state index in [9.17, 15) is 14.7 Å². The van der Waals surface area contributed by atoms with Crippen LogP contribution in [0.4, 0.5) is 0 Å². The summed E-state index contributed by atoms with van der Waals surface area (Å²) in [7, 11) is 1.53. The molecule has 0 spiro atoms. The highest BCUT2D eigenvalue weighted by Gasteiger charge is 2.44. The predicted molar refractivity (Wildman–Crippen MR) is 124 cm³/mol. The molecule has 0 fully saturated rings. The molecule has 0 bridgehead atoms. The second-order valence-corrected chi connectivity index (χ2v) is 8.42. The molecule has 1 aliphatic heterocycles. The molecule has 0 saturated heterocycles. The number of hydrogen-bond acceptors (Lipinski definition) is 6. The highest BCUT2D eigenvalue weighted by molar-refractivity contribution is 6.31. The van der Waals surface area contributed by atoms with E-state index in [0.717, 1.165) is 0 Å². The highest BCUT2D eigenvalue weighted by Crippen LogP contribution is 2.40. The average Bonchev–Trinajstić information content (AvgIpc) is 3.32. The van der Waals surface area contributed by atoms with Gasteiger partial charge in [0, 0.05) is 17.0 Å². The van der Waals surface area contributed by atoms with Crippen molar-refractivity contribution in [1.29, 1.82) is 0 Å². The van der Waals surface area contributed by atoms with Gasteiger partial charge in [0.15, 0.2) is 11.5 Å². The topological polar surface area (TPSA) is 89.2 Å². The third kappa shape index (κ3) is 4.47. The van der Waals surface area contributed by atoms with Gasteiger partial charge in [-0.05, 0) is 55.8 Å². The van der Waals surface area contributed by atoms with Crippen LogP contribution < -0.4 is 4.74 Å². The van der Waals surface area contributed by atoms with Crippen LogP contribution in [0.1, 0.15) is 36.0 Å². The first kappa shape index (κ1) is 22.9. The van der Waals surface area contributed by atoms with Crippen LogP contribution in [0.5, 0.6) is 5.75 Å². The van der Waals surface area contributed by atoms with Crippen molar-refractivity contribution in [3.8, 4) is 5.75 Å². The molecule has 1 amide bonds. The molecule has 0 aliphatic carbocycles. The fourth-order valence-corrected chi connectivity index (χ4v) is 4.10. The second-order valence-electron chi connectivity index (χ2n) is 7.98. The van der Waals surface area contributed by atoms with E-state index in [-0.39, 0.29) is 30.6 Å². The van der Waals surface area contributed by atoms with E-state index in [2.05, 4.69) is 0 Å². The van der Waals surface area contributed by atoms with E-state index < -0.39 is 23.5 Å². The van der Waals surface area contributed by atoms with Gasteiger partial charge >= 0.3 is 0 Å². The Morgan fingerprint density at radius 3 is 2.73 bits per heavy atom. The van der Waals surface area contributed by atoms with Gasteiger partial charge in [-0.15, -0.1) is 0 Å². The van der Waals surface area contributed by atoms with Gasteiger partial charge in [-0.2, -0.15) is 0 Å². The second kappa shape index (κ2) is 9.29. The van der Waals surface area contributed by atoms with Gasteiger partial charge in [-0.25, -0.2) is 0 Å². The number of ether oxygens (including phenoxy) is 2. The van der Waals surface area contributed by atoms with Gasteiger partial charge in [0.1, 0.15) is 11.3 Å². The number of Topliss-reactive ketones (excluding diaryl/α,β-unsaturated/α-hetero) is 1. The maximum absolute atomic E-state index is 13.5. The summed E-state index contributed by atoms with van der Waals surface area (Å²) in [6.45, 7) is 4.23. The van der Waals surface area contributed by atoms with Crippen molar-refractivity contribution in [3.05, 3.63) is 76.2 Å². The molecule has 33 heavy (non-hydrogen) atoms. The molecular formula is C25H24ClNO6. The quantitative estimate of drug-likeness (QED) is 0.462. The number of nitrogens with zero attached hydrogens (tertiary/aromatic N) is 1. The Kier molecular flexibility index (Phi) is 6.44. The van der Waals surface area contributed by atoms with Crippen LogP contribution in [0.2, 0.25) is 5.02 Å². The van der Waals surface area contributed by atoms with Crippen LogP contribution in [0.25, 0.3) is 11.0 Å². The average molecular weight is 470 g/mol. The number of halogens is 1. The number of hydrogen-bond donors (Lipinski definition) is 1. The molecule has 172 valence electrons. The summed E-state index contributed by atoms with van der Waals surface area (Å²) in [5.41, 5.74) is 1.05. The number of aliphatic hydroxyl groups is 1. The van der Waals surface area contributed by atoms with E-state index in [4.69, 9.17) is 25.5 Å². The maximum atomic E-state index is 13.5. The summed E-state index contributed by atoms with van der Waals surface area (Å²) < 4.78 is 16.7. The molecule has 1 N–H and O–H groups in total. The summed E-state index contributed by atoms with van der Waals surface area (Å²) in [6, 6.07) is 12.8. The summed E-state index contributed by atoms with van der Waals surface area (Å²) in [5.74, 6) is -1.24. The van der Waals surface area contributed by atoms with Gasteiger partial charge in [0.25, 0.3) is 5.91 Å². The first-order chi connectivity index (χ1) is 15.8. The molecule has 7 nitrogen and oxygen atoms in total. The van der Waals surface area contributed by atoms with E-state index in [1.807, 2.05) is 13.8 Å². The molecule has 4 rings (SSSR count). The lowest BCUT2D eigenvalue weighted by molar-refractivity contribution is -0.130. The van der Waals surface area contributed by atoms with Crippen molar-refractivity contribution >= 4 is 34.3 Å². The first-order valence-corrected chi connectivity index (χ1v) is 10.9. The van der Waals surface area contributed by atoms with E-state index in [1.165, 1.54) is 12.0 Å². The van der Waals surface area contributed by atoms with Crippen molar-refractivity contribution in [1.82, 2.24) is 4.90 Å². The Hall–Kier alpha value is -3.29. The fourth-order valence-electron chi connectivity index (χ4n) is 3.92. The van der Waals surface area contributed by atoms with Crippen LogP contribution in [-0.2, 0) is 9.53 Å². The van der Waals surface area contributed by atoms with Crippen molar-refractivity contribution in [3.63, 3.8) is 0 Å². The normalized spacial score (nSPS) is 16.3. The third-order valence-corrected chi connectivity index (χ3v) is 5.68. The van der Waals surface area contributed by atoms with Crippen LogP contribution in [0.15, 0.2) is 64.3 Å². The van der Waals surface area contributed by atoms with Crippen LogP contribution in [0.3, 0.4) is 0 Å². The molecular weight excluding hydrogens is 446 g/mol. The summed E-state index contributed by atoms with van der Waals surface area (Å²) in [4.78, 5) is 28.0. The number of carbonyl (C=O) groups excluding carboxylic acids is 2. The van der Waals surface area contributed by atoms with Gasteiger partial charge in [-0.1, -0.05) is 23.7 Å². The molecule has 3 aromatic rings. The number of aliphatic hydroxyl groups excluding tert-OH is 1. The largest absolute Gasteiger partial charge is 0.503 e.